The van der Waals surface area contributed by atoms with Gasteiger partial charge in [-0.05, 0) is 44.0 Å². The van der Waals surface area contributed by atoms with Gasteiger partial charge < -0.3 is 16.0 Å². The van der Waals surface area contributed by atoms with Gasteiger partial charge in [-0.1, -0.05) is 30.3 Å². The Morgan fingerprint density at radius 1 is 1.00 bits per heavy atom. The molecule has 0 bridgehead atoms. The van der Waals surface area contributed by atoms with E-state index in [9.17, 15) is 14.0 Å². The summed E-state index contributed by atoms with van der Waals surface area (Å²) in [6.45, 7) is 3.18. The van der Waals surface area contributed by atoms with Crippen molar-refractivity contribution in [3.8, 4) is 0 Å². The molecule has 0 spiro atoms. The third-order valence-corrected chi connectivity index (χ3v) is 4.96. The minimum Gasteiger partial charge on any atom is -0.335 e. The molecule has 1 aliphatic rings. The van der Waals surface area contributed by atoms with E-state index in [0.717, 1.165) is 18.5 Å². The molecular weight excluding hydrogens is 359 g/mol. The molecule has 148 valence electrons. The standard InChI is InChI=1S/C21H25FN4O2/c1-15(20(27)25-19-10-6-5-9-18(19)22)26-13-11-17(12-14-26)24-21(28)23-16-7-3-2-4-8-16/h2-10,15,17H,11-14H2,1H3,(H,25,27)(H2,23,24,28). The molecule has 2 aromatic rings. The lowest BCUT2D eigenvalue weighted by molar-refractivity contribution is -0.121. The van der Waals surface area contributed by atoms with E-state index < -0.39 is 5.82 Å². The van der Waals surface area contributed by atoms with E-state index in [2.05, 4.69) is 16.0 Å². The summed E-state index contributed by atoms with van der Waals surface area (Å²) in [4.78, 5) is 26.6. The van der Waals surface area contributed by atoms with Crippen LogP contribution in [0.3, 0.4) is 0 Å². The van der Waals surface area contributed by atoms with E-state index in [0.29, 0.717) is 13.1 Å². The number of benzene rings is 2. The Morgan fingerprint density at radius 2 is 1.64 bits per heavy atom. The monoisotopic (exact) mass is 384 g/mol. The van der Waals surface area contributed by atoms with Gasteiger partial charge in [-0.15, -0.1) is 0 Å². The average Bonchev–Trinajstić information content (AvgIpc) is 2.70. The molecule has 1 atom stereocenters. The Balaban J connectivity index is 1.44. The maximum Gasteiger partial charge on any atom is 0.319 e. The number of halogens is 1. The molecular formula is C21H25FN4O2. The van der Waals surface area contributed by atoms with Crippen molar-refractivity contribution in [3.63, 3.8) is 0 Å². The van der Waals surface area contributed by atoms with Crippen LogP contribution in [-0.4, -0.2) is 42.0 Å². The van der Waals surface area contributed by atoms with Gasteiger partial charge in [-0.3, -0.25) is 9.69 Å². The summed E-state index contributed by atoms with van der Waals surface area (Å²) in [6.07, 6.45) is 1.50. The van der Waals surface area contributed by atoms with Gasteiger partial charge >= 0.3 is 6.03 Å². The number of carbonyl (C=O) groups is 2. The van der Waals surface area contributed by atoms with Crippen LogP contribution in [0.4, 0.5) is 20.6 Å². The maximum atomic E-state index is 13.7. The number of amides is 3. The topological polar surface area (TPSA) is 73.5 Å². The van der Waals surface area contributed by atoms with Gasteiger partial charge in [0.25, 0.3) is 0 Å². The zero-order chi connectivity index (χ0) is 19.9. The molecule has 0 aromatic heterocycles. The predicted octanol–water partition coefficient (Wildman–Crippen LogP) is 3.44. The first-order valence-electron chi connectivity index (χ1n) is 9.45. The Hall–Kier alpha value is -2.93. The summed E-state index contributed by atoms with van der Waals surface area (Å²) >= 11 is 0. The van der Waals surface area contributed by atoms with Crippen molar-refractivity contribution in [3.05, 3.63) is 60.4 Å². The molecule has 0 saturated carbocycles. The van der Waals surface area contributed by atoms with Crippen LogP contribution < -0.4 is 16.0 Å². The number of piperidine rings is 1. The van der Waals surface area contributed by atoms with E-state index in [1.165, 1.54) is 6.07 Å². The second-order valence-corrected chi connectivity index (χ2v) is 6.92. The molecule has 3 N–H and O–H groups in total. The van der Waals surface area contributed by atoms with Crippen LogP contribution in [0.1, 0.15) is 19.8 Å². The van der Waals surface area contributed by atoms with E-state index in [-0.39, 0.29) is 29.7 Å². The third-order valence-electron chi connectivity index (χ3n) is 4.96. The number of likely N-dealkylation sites (tertiary alicyclic amines) is 1. The third kappa shape index (κ3) is 5.29. The molecule has 3 amide bonds. The minimum absolute atomic E-state index is 0.0572. The molecule has 1 aliphatic heterocycles. The lowest BCUT2D eigenvalue weighted by atomic mass is 10.0. The fraction of sp³-hybridized carbons (Fsp3) is 0.333. The van der Waals surface area contributed by atoms with Crippen LogP contribution in [-0.2, 0) is 4.79 Å². The second kappa shape index (κ2) is 9.32. The molecule has 28 heavy (non-hydrogen) atoms. The summed E-state index contributed by atoms with van der Waals surface area (Å²) in [5, 5.41) is 8.43. The van der Waals surface area contributed by atoms with Crippen molar-refractivity contribution in [2.24, 2.45) is 0 Å². The molecule has 1 heterocycles. The van der Waals surface area contributed by atoms with Gasteiger partial charge in [0, 0.05) is 24.8 Å². The van der Waals surface area contributed by atoms with Gasteiger partial charge in [0.05, 0.1) is 11.7 Å². The average molecular weight is 384 g/mol. The molecule has 2 aromatic carbocycles. The summed E-state index contributed by atoms with van der Waals surface area (Å²) < 4.78 is 13.7. The van der Waals surface area contributed by atoms with Gasteiger partial charge in [0.2, 0.25) is 5.91 Å². The zero-order valence-electron chi connectivity index (χ0n) is 15.8. The first kappa shape index (κ1) is 19.8. The first-order valence-corrected chi connectivity index (χ1v) is 9.45. The molecule has 1 unspecified atom stereocenters. The van der Waals surface area contributed by atoms with E-state index >= 15 is 0 Å². The number of nitrogens with zero attached hydrogens (tertiary/aromatic N) is 1. The van der Waals surface area contributed by atoms with Crippen molar-refractivity contribution in [1.82, 2.24) is 10.2 Å². The maximum absolute atomic E-state index is 13.7. The fourth-order valence-corrected chi connectivity index (χ4v) is 3.27. The van der Waals surface area contributed by atoms with Crippen LogP contribution in [0.25, 0.3) is 0 Å². The Labute approximate surface area is 164 Å². The lowest BCUT2D eigenvalue weighted by Gasteiger charge is -2.35. The largest absolute Gasteiger partial charge is 0.335 e. The van der Waals surface area contributed by atoms with Crippen molar-refractivity contribution in [2.75, 3.05) is 23.7 Å². The number of hydrogen-bond acceptors (Lipinski definition) is 3. The number of nitrogens with one attached hydrogen (secondary N) is 3. The summed E-state index contributed by atoms with van der Waals surface area (Å²) in [6, 6.07) is 14.9. The zero-order valence-corrected chi connectivity index (χ0v) is 15.8. The van der Waals surface area contributed by atoms with Crippen molar-refractivity contribution < 1.29 is 14.0 Å². The van der Waals surface area contributed by atoms with Gasteiger partial charge in [-0.2, -0.15) is 0 Å². The quantitative estimate of drug-likeness (QED) is 0.739. The van der Waals surface area contributed by atoms with E-state index in [1.807, 2.05) is 42.2 Å². The lowest BCUT2D eigenvalue weighted by Crippen LogP contribution is -2.51. The predicted molar refractivity (Wildman–Crippen MR) is 108 cm³/mol. The highest BCUT2D eigenvalue weighted by Gasteiger charge is 2.27. The minimum atomic E-state index is -0.449. The molecule has 7 heteroatoms. The summed E-state index contributed by atoms with van der Waals surface area (Å²) in [5.74, 6) is -0.686. The molecule has 0 aliphatic carbocycles. The number of urea groups is 1. The number of rotatable bonds is 5. The Kier molecular flexibility index (Phi) is 6.60. The molecule has 1 saturated heterocycles. The van der Waals surface area contributed by atoms with Crippen LogP contribution >= 0.6 is 0 Å². The fourth-order valence-electron chi connectivity index (χ4n) is 3.27. The number of para-hydroxylation sites is 2. The van der Waals surface area contributed by atoms with Crippen LogP contribution in [0.2, 0.25) is 0 Å². The normalized spacial score (nSPS) is 16.2. The van der Waals surface area contributed by atoms with Crippen molar-refractivity contribution in [2.45, 2.75) is 31.8 Å². The van der Waals surface area contributed by atoms with Crippen molar-refractivity contribution in [1.29, 1.82) is 0 Å². The number of hydrogen-bond donors (Lipinski definition) is 3. The van der Waals surface area contributed by atoms with Crippen molar-refractivity contribution >= 4 is 23.3 Å². The SMILES string of the molecule is CC(C(=O)Nc1ccccc1F)N1CCC(NC(=O)Nc2ccccc2)CC1. The Morgan fingerprint density at radius 3 is 2.32 bits per heavy atom. The Bertz CT molecular complexity index is 807. The first-order chi connectivity index (χ1) is 13.5. The molecule has 6 nitrogen and oxygen atoms in total. The highest BCUT2D eigenvalue weighted by atomic mass is 19.1. The smallest absolute Gasteiger partial charge is 0.319 e. The molecule has 1 fully saturated rings. The summed E-state index contributed by atoms with van der Waals surface area (Å²) in [5.41, 5.74) is 0.935. The van der Waals surface area contributed by atoms with Gasteiger partial charge in [0.1, 0.15) is 5.82 Å². The highest BCUT2D eigenvalue weighted by Crippen LogP contribution is 2.17. The van der Waals surface area contributed by atoms with Gasteiger partial charge in [-0.25, -0.2) is 9.18 Å². The second-order valence-electron chi connectivity index (χ2n) is 6.92. The summed E-state index contributed by atoms with van der Waals surface area (Å²) in [7, 11) is 0. The van der Waals surface area contributed by atoms with E-state index in [4.69, 9.17) is 0 Å². The highest BCUT2D eigenvalue weighted by molar-refractivity contribution is 5.94. The molecule has 3 rings (SSSR count). The van der Waals surface area contributed by atoms with Gasteiger partial charge in [0.15, 0.2) is 0 Å². The van der Waals surface area contributed by atoms with Crippen LogP contribution in [0.5, 0.6) is 0 Å². The van der Waals surface area contributed by atoms with Crippen LogP contribution in [0, 0.1) is 5.82 Å². The molecule has 0 radical (unpaired) electrons. The van der Waals surface area contributed by atoms with Crippen LogP contribution in [0.15, 0.2) is 54.6 Å². The number of carbonyl (C=O) groups excluding carboxylic acids is 2. The van der Waals surface area contributed by atoms with E-state index in [1.54, 1.807) is 18.2 Å². The number of anilines is 2.